The zero-order valence-corrected chi connectivity index (χ0v) is 11.6. The van der Waals surface area contributed by atoms with Gasteiger partial charge in [-0.25, -0.2) is 4.39 Å². The molecule has 0 aliphatic heterocycles. The fourth-order valence-corrected chi connectivity index (χ4v) is 3.23. The van der Waals surface area contributed by atoms with Crippen molar-refractivity contribution < 1.29 is 4.39 Å². The molecule has 1 unspecified atom stereocenters. The fourth-order valence-electron chi connectivity index (χ4n) is 1.60. The van der Waals surface area contributed by atoms with Crippen molar-refractivity contribution in [2.45, 2.75) is 23.8 Å². The van der Waals surface area contributed by atoms with E-state index in [1.807, 2.05) is 0 Å². The standard InChI is InChI=1S/C14H16FNS2/c15-11-3-6-14(7-4-11)18-10-12(16)5-8-13-2-1-9-17-13/h1-4,6-7,9,12H,5,8,10,16H2. The highest BCUT2D eigenvalue weighted by molar-refractivity contribution is 7.99. The second-order valence-corrected chi connectivity index (χ2v) is 6.27. The zero-order chi connectivity index (χ0) is 12.8. The van der Waals surface area contributed by atoms with Crippen LogP contribution in [0.25, 0.3) is 0 Å². The van der Waals surface area contributed by atoms with Crippen molar-refractivity contribution in [3.63, 3.8) is 0 Å². The van der Waals surface area contributed by atoms with Crippen LogP contribution in [0.15, 0.2) is 46.7 Å². The van der Waals surface area contributed by atoms with E-state index in [1.165, 1.54) is 17.0 Å². The van der Waals surface area contributed by atoms with Crippen LogP contribution in [0.5, 0.6) is 0 Å². The Morgan fingerprint density at radius 1 is 1.22 bits per heavy atom. The predicted molar refractivity (Wildman–Crippen MR) is 77.7 cm³/mol. The van der Waals surface area contributed by atoms with Crippen molar-refractivity contribution in [1.82, 2.24) is 0 Å². The van der Waals surface area contributed by atoms with E-state index >= 15 is 0 Å². The predicted octanol–water partition coefficient (Wildman–Crippen LogP) is 3.94. The molecule has 0 aliphatic rings. The van der Waals surface area contributed by atoms with Crippen LogP contribution in [-0.4, -0.2) is 11.8 Å². The first-order chi connectivity index (χ1) is 8.74. The topological polar surface area (TPSA) is 26.0 Å². The Kier molecular flexibility index (Phi) is 5.23. The van der Waals surface area contributed by atoms with E-state index < -0.39 is 0 Å². The largest absolute Gasteiger partial charge is 0.327 e. The molecular weight excluding hydrogens is 265 g/mol. The van der Waals surface area contributed by atoms with Crippen LogP contribution in [0, 0.1) is 5.82 Å². The van der Waals surface area contributed by atoms with Crippen molar-refractivity contribution in [3.8, 4) is 0 Å². The third kappa shape index (κ3) is 4.44. The molecule has 18 heavy (non-hydrogen) atoms. The molecule has 1 atom stereocenters. The van der Waals surface area contributed by atoms with Crippen LogP contribution >= 0.6 is 23.1 Å². The molecule has 0 saturated carbocycles. The van der Waals surface area contributed by atoms with Gasteiger partial charge in [0.1, 0.15) is 5.82 Å². The van der Waals surface area contributed by atoms with Gasteiger partial charge in [0.25, 0.3) is 0 Å². The summed E-state index contributed by atoms with van der Waals surface area (Å²) in [7, 11) is 0. The van der Waals surface area contributed by atoms with Crippen LogP contribution < -0.4 is 5.73 Å². The molecule has 0 saturated heterocycles. The molecule has 2 aromatic rings. The molecule has 0 spiro atoms. The van der Waals surface area contributed by atoms with Gasteiger partial charge >= 0.3 is 0 Å². The van der Waals surface area contributed by atoms with E-state index in [1.54, 1.807) is 35.2 Å². The minimum Gasteiger partial charge on any atom is -0.327 e. The average molecular weight is 281 g/mol. The Bertz CT molecular complexity index is 453. The van der Waals surface area contributed by atoms with E-state index in [2.05, 4.69) is 17.5 Å². The molecule has 0 fully saturated rings. The highest BCUT2D eigenvalue weighted by atomic mass is 32.2. The lowest BCUT2D eigenvalue weighted by Crippen LogP contribution is -2.23. The van der Waals surface area contributed by atoms with E-state index in [4.69, 9.17) is 5.73 Å². The molecule has 4 heteroatoms. The third-order valence-corrected chi connectivity index (χ3v) is 4.76. The molecule has 1 heterocycles. The van der Waals surface area contributed by atoms with Crippen molar-refractivity contribution in [1.29, 1.82) is 0 Å². The maximum absolute atomic E-state index is 12.7. The lowest BCUT2D eigenvalue weighted by Gasteiger charge is -2.10. The van der Waals surface area contributed by atoms with Gasteiger partial charge in [0.05, 0.1) is 0 Å². The third-order valence-electron chi connectivity index (χ3n) is 2.62. The van der Waals surface area contributed by atoms with Gasteiger partial charge in [-0.2, -0.15) is 0 Å². The number of thioether (sulfide) groups is 1. The highest BCUT2D eigenvalue weighted by Crippen LogP contribution is 2.20. The summed E-state index contributed by atoms with van der Waals surface area (Å²) < 4.78 is 12.7. The van der Waals surface area contributed by atoms with Crippen LogP contribution in [-0.2, 0) is 6.42 Å². The van der Waals surface area contributed by atoms with Gasteiger partial charge in [-0.05, 0) is 48.6 Å². The second kappa shape index (κ2) is 6.92. The summed E-state index contributed by atoms with van der Waals surface area (Å²) in [6.07, 6.45) is 2.04. The monoisotopic (exact) mass is 281 g/mol. The average Bonchev–Trinajstić information content (AvgIpc) is 2.89. The summed E-state index contributed by atoms with van der Waals surface area (Å²) >= 11 is 3.46. The van der Waals surface area contributed by atoms with Crippen LogP contribution in [0.1, 0.15) is 11.3 Å². The summed E-state index contributed by atoms with van der Waals surface area (Å²) in [6, 6.07) is 11.0. The quantitative estimate of drug-likeness (QED) is 0.812. The maximum atomic E-state index is 12.7. The first-order valence-electron chi connectivity index (χ1n) is 5.90. The Labute approximate surface area is 115 Å². The second-order valence-electron chi connectivity index (χ2n) is 4.14. The first-order valence-corrected chi connectivity index (χ1v) is 7.77. The van der Waals surface area contributed by atoms with Gasteiger partial charge < -0.3 is 5.73 Å². The van der Waals surface area contributed by atoms with Crippen molar-refractivity contribution in [3.05, 3.63) is 52.5 Å². The Hall–Kier alpha value is -0.840. The molecule has 1 aromatic carbocycles. The maximum Gasteiger partial charge on any atom is 0.123 e. The summed E-state index contributed by atoms with van der Waals surface area (Å²) in [4.78, 5) is 2.46. The number of benzene rings is 1. The van der Waals surface area contributed by atoms with Crippen LogP contribution in [0.4, 0.5) is 4.39 Å². The van der Waals surface area contributed by atoms with E-state index in [9.17, 15) is 4.39 Å². The summed E-state index contributed by atoms with van der Waals surface area (Å²) in [5, 5.41) is 2.09. The van der Waals surface area contributed by atoms with Crippen molar-refractivity contribution in [2.75, 3.05) is 5.75 Å². The zero-order valence-electron chi connectivity index (χ0n) is 10.0. The highest BCUT2D eigenvalue weighted by Gasteiger charge is 2.05. The molecule has 0 aliphatic carbocycles. The minimum absolute atomic E-state index is 0.183. The summed E-state index contributed by atoms with van der Waals surface area (Å²) in [5.41, 5.74) is 6.08. The minimum atomic E-state index is -0.193. The Balaban J connectivity index is 1.71. The molecule has 0 radical (unpaired) electrons. The number of nitrogens with two attached hydrogens (primary N) is 1. The lowest BCUT2D eigenvalue weighted by atomic mass is 10.2. The number of hydrogen-bond acceptors (Lipinski definition) is 3. The van der Waals surface area contributed by atoms with Crippen LogP contribution in [0.3, 0.4) is 0 Å². The summed E-state index contributed by atoms with van der Waals surface area (Å²) in [6.45, 7) is 0. The van der Waals surface area contributed by atoms with Gasteiger partial charge in [-0.3, -0.25) is 0 Å². The van der Waals surface area contributed by atoms with Gasteiger partial charge in [0, 0.05) is 21.6 Å². The van der Waals surface area contributed by atoms with Gasteiger partial charge in [0.15, 0.2) is 0 Å². The smallest absolute Gasteiger partial charge is 0.123 e. The molecule has 1 nitrogen and oxygen atoms in total. The lowest BCUT2D eigenvalue weighted by molar-refractivity contribution is 0.626. The number of aryl methyl sites for hydroxylation is 1. The molecule has 1 aromatic heterocycles. The number of hydrogen-bond donors (Lipinski definition) is 1. The number of halogens is 1. The van der Waals surface area contributed by atoms with Crippen molar-refractivity contribution >= 4 is 23.1 Å². The van der Waals surface area contributed by atoms with Gasteiger partial charge in [-0.1, -0.05) is 6.07 Å². The van der Waals surface area contributed by atoms with Gasteiger partial charge in [-0.15, -0.1) is 23.1 Å². The van der Waals surface area contributed by atoms with E-state index in [-0.39, 0.29) is 11.9 Å². The normalized spacial score (nSPS) is 12.6. The SMILES string of the molecule is NC(CCc1cccs1)CSc1ccc(F)cc1. The summed E-state index contributed by atoms with van der Waals surface area (Å²) in [5.74, 6) is 0.679. The molecule has 2 rings (SSSR count). The van der Waals surface area contributed by atoms with Crippen molar-refractivity contribution in [2.24, 2.45) is 5.73 Å². The molecule has 0 bridgehead atoms. The molecular formula is C14H16FNS2. The van der Waals surface area contributed by atoms with Gasteiger partial charge in [0.2, 0.25) is 0 Å². The Morgan fingerprint density at radius 2 is 2.00 bits per heavy atom. The molecule has 2 N–H and O–H groups in total. The first kappa shape index (κ1) is 13.6. The molecule has 96 valence electrons. The number of rotatable bonds is 6. The number of thiophene rings is 1. The van der Waals surface area contributed by atoms with E-state index in [0.29, 0.717) is 0 Å². The molecule has 0 amide bonds. The fraction of sp³-hybridized carbons (Fsp3) is 0.286. The van der Waals surface area contributed by atoms with Crippen LogP contribution in [0.2, 0.25) is 0 Å². The van der Waals surface area contributed by atoms with E-state index in [0.717, 1.165) is 23.5 Å². The Morgan fingerprint density at radius 3 is 2.67 bits per heavy atom.